The fourth-order valence-corrected chi connectivity index (χ4v) is 2.81. The van der Waals surface area contributed by atoms with Gasteiger partial charge in [-0.15, -0.1) is 0 Å². The maximum absolute atomic E-state index is 12.9. The molecule has 1 aromatic carbocycles. The largest absolute Gasteiger partial charge is 0.504 e. The Balaban J connectivity index is 2.89. The third-order valence-corrected chi connectivity index (χ3v) is 4.51. The summed E-state index contributed by atoms with van der Waals surface area (Å²) in [4.78, 5) is 25.4. The van der Waals surface area contributed by atoms with Gasteiger partial charge in [0.05, 0.1) is 15.9 Å². The first-order valence-electron chi connectivity index (χ1n) is 8.10. The summed E-state index contributed by atoms with van der Waals surface area (Å²) in [6, 6.07) is 1.19. The Kier molecular flexibility index (Phi) is 5.04. The summed E-state index contributed by atoms with van der Waals surface area (Å²) < 4.78 is 1.69. The van der Waals surface area contributed by atoms with Gasteiger partial charge in [0.25, 0.3) is 5.91 Å². The summed E-state index contributed by atoms with van der Waals surface area (Å²) in [5, 5.41) is 22.3. The molecular formula is C18H23ClN2O4. The number of aromatic nitrogens is 1. The number of carbonyl (C=O) groups excluding carboxylic acids is 1. The number of nitrogens with one attached hydrogen (secondary N) is 1. The summed E-state index contributed by atoms with van der Waals surface area (Å²) in [6.45, 7) is 9.45. The highest BCUT2D eigenvalue weighted by Gasteiger charge is 2.25. The number of amides is 1. The second-order valence-corrected chi connectivity index (χ2v) is 7.53. The molecule has 6 nitrogen and oxygen atoms in total. The molecule has 1 atom stereocenters. The third-order valence-electron chi connectivity index (χ3n) is 4.15. The number of phenols is 2. The fraction of sp³-hybridized carbons (Fsp3) is 0.444. The van der Waals surface area contributed by atoms with Gasteiger partial charge in [0.15, 0.2) is 11.5 Å². The van der Waals surface area contributed by atoms with E-state index in [2.05, 4.69) is 5.32 Å². The van der Waals surface area contributed by atoms with E-state index >= 15 is 0 Å². The average molecular weight is 367 g/mol. The quantitative estimate of drug-likeness (QED) is 0.726. The van der Waals surface area contributed by atoms with Crippen molar-refractivity contribution in [1.29, 1.82) is 0 Å². The van der Waals surface area contributed by atoms with E-state index in [0.29, 0.717) is 5.52 Å². The second-order valence-electron chi connectivity index (χ2n) is 7.15. The van der Waals surface area contributed by atoms with Crippen molar-refractivity contribution in [3.63, 3.8) is 0 Å². The standard InChI is InChI=1S/C18H23ClN2O4/c1-6-9(2)20-17(25)10-8-21(18(3,4)5)11-7-12(22)16(24)14(19)13(11)15(10)23/h7-9,22,24H,6H2,1-5H3,(H,20,25). The van der Waals surface area contributed by atoms with Crippen LogP contribution in [0.3, 0.4) is 0 Å². The van der Waals surface area contributed by atoms with Crippen LogP contribution in [-0.4, -0.2) is 26.7 Å². The SMILES string of the molecule is CCC(C)NC(=O)c1cn(C(C)(C)C)c2cc(O)c(O)c(Cl)c2c1=O. The van der Waals surface area contributed by atoms with E-state index in [1.807, 2.05) is 34.6 Å². The second kappa shape index (κ2) is 6.59. The maximum atomic E-state index is 12.9. The first-order chi connectivity index (χ1) is 11.5. The van der Waals surface area contributed by atoms with E-state index < -0.39 is 28.4 Å². The van der Waals surface area contributed by atoms with Gasteiger partial charge in [-0.25, -0.2) is 0 Å². The van der Waals surface area contributed by atoms with Crippen molar-refractivity contribution in [3.8, 4) is 11.5 Å². The van der Waals surface area contributed by atoms with E-state index in [4.69, 9.17) is 11.6 Å². The molecule has 3 N–H and O–H groups in total. The van der Waals surface area contributed by atoms with Crippen LogP contribution in [-0.2, 0) is 5.54 Å². The summed E-state index contributed by atoms with van der Waals surface area (Å²) in [7, 11) is 0. The van der Waals surface area contributed by atoms with Gasteiger partial charge in [-0.1, -0.05) is 18.5 Å². The van der Waals surface area contributed by atoms with Crippen LogP contribution >= 0.6 is 11.6 Å². The molecule has 0 spiro atoms. The van der Waals surface area contributed by atoms with E-state index in [1.165, 1.54) is 12.3 Å². The van der Waals surface area contributed by atoms with Crippen molar-refractivity contribution in [2.24, 2.45) is 0 Å². The molecule has 0 aliphatic rings. The Hall–Kier alpha value is -2.21. The Bertz CT molecular complexity index is 897. The number of benzene rings is 1. The molecule has 1 aromatic heterocycles. The molecule has 7 heteroatoms. The average Bonchev–Trinajstić information content (AvgIpc) is 2.51. The minimum absolute atomic E-state index is 0.00342. The summed E-state index contributed by atoms with van der Waals surface area (Å²) in [6.07, 6.45) is 2.19. The number of rotatable bonds is 3. The van der Waals surface area contributed by atoms with Gasteiger partial charge in [-0.05, 0) is 34.1 Å². The van der Waals surface area contributed by atoms with Crippen LogP contribution in [0.1, 0.15) is 51.4 Å². The number of halogens is 1. The van der Waals surface area contributed by atoms with Crippen molar-refractivity contribution >= 4 is 28.4 Å². The van der Waals surface area contributed by atoms with Crippen molar-refractivity contribution < 1.29 is 15.0 Å². The molecule has 0 saturated carbocycles. The van der Waals surface area contributed by atoms with E-state index in [9.17, 15) is 19.8 Å². The first kappa shape index (κ1) is 19.1. The van der Waals surface area contributed by atoms with Crippen LogP contribution < -0.4 is 10.7 Å². The number of fused-ring (bicyclic) bond motifs is 1. The molecule has 0 saturated heterocycles. The highest BCUT2D eigenvalue weighted by molar-refractivity contribution is 6.37. The normalized spacial score (nSPS) is 13.0. The van der Waals surface area contributed by atoms with Crippen LogP contribution in [0, 0.1) is 0 Å². The smallest absolute Gasteiger partial charge is 0.256 e. The minimum atomic E-state index is -0.586. The lowest BCUT2D eigenvalue weighted by atomic mass is 10.0. The molecule has 1 amide bonds. The molecule has 1 heterocycles. The summed E-state index contributed by atoms with van der Waals surface area (Å²) >= 11 is 6.11. The van der Waals surface area contributed by atoms with Gasteiger partial charge in [0.2, 0.25) is 5.43 Å². The predicted molar refractivity (Wildman–Crippen MR) is 98.8 cm³/mol. The molecule has 2 rings (SSSR count). The minimum Gasteiger partial charge on any atom is -0.504 e. The van der Waals surface area contributed by atoms with Gasteiger partial charge >= 0.3 is 0 Å². The molecule has 0 aliphatic heterocycles. The summed E-state index contributed by atoms with van der Waals surface area (Å²) in [5.41, 5.74) is -0.798. The van der Waals surface area contributed by atoms with E-state index in [0.717, 1.165) is 6.42 Å². The number of hydrogen-bond donors (Lipinski definition) is 3. The summed E-state index contributed by atoms with van der Waals surface area (Å²) in [5.74, 6) is -1.50. The van der Waals surface area contributed by atoms with Gasteiger partial charge in [-0.3, -0.25) is 9.59 Å². The number of carbonyl (C=O) groups is 1. The number of phenolic OH excluding ortho intramolecular Hbond substituents is 2. The molecule has 1 unspecified atom stereocenters. The molecule has 2 aromatic rings. The molecule has 0 aliphatic carbocycles. The van der Waals surface area contributed by atoms with Crippen molar-refractivity contribution in [1.82, 2.24) is 9.88 Å². The Morgan fingerprint density at radius 1 is 1.36 bits per heavy atom. The molecule has 136 valence electrons. The lowest BCUT2D eigenvalue weighted by Crippen LogP contribution is -2.36. The van der Waals surface area contributed by atoms with Gasteiger partial charge in [-0.2, -0.15) is 0 Å². The molecule has 0 bridgehead atoms. The van der Waals surface area contributed by atoms with Crippen LogP contribution in [0.25, 0.3) is 10.9 Å². The number of aromatic hydroxyl groups is 2. The zero-order valence-corrected chi connectivity index (χ0v) is 15.7. The maximum Gasteiger partial charge on any atom is 0.256 e. The highest BCUT2D eigenvalue weighted by Crippen LogP contribution is 2.39. The van der Waals surface area contributed by atoms with Crippen LogP contribution in [0.2, 0.25) is 5.02 Å². The monoisotopic (exact) mass is 366 g/mol. The van der Waals surface area contributed by atoms with Crippen LogP contribution in [0.4, 0.5) is 0 Å². The lowest BCUT2D eigenvalue weighted by molar-refractivity contribution is 0.0937. The van der Waals surface area contributed by atoms with Gasteiger partial charge < -0.3 is 20.1 Å². The lowest BCUT2D eigenvalue weighted by Gasteiger charge is -2.27. The Morgan fingerprint density at radius 3 is 2.48 bits per heavy atom. The Labute approximate surface area is 151 Å². The van der Waals surface area contributed by atoms with E-state index in [1.54, 1.807) is 4.57 Å². The van der Waals surface area contributed by atoms with Crippen molar-refractivity contribution in [3.05, 3.63) is 33.1 Å². The van der Waals surface area contributed by atoms with Crippen LogP contribution in [0.15, 0.2) is 17.1 Å². The predicted octanol–water partition coefficient (Wildman–Crippen LogP) is 3.35. The molecule has 0 fully saturated rings. The Morgan fingerprint density at radius 2 is 1.96 bits per heavy atom. The van der Waals surface area contributed by atoms with Gasteiger partial charge in [0, 0.05) is 23.8 Å². The van der Waals surface area contributed by atoms with Crippen molar-refractivity contribution in [2.75, 3.05) is 0 Å². The number of pyridine rings is 1. The topological polar surface area (TPSA) is 91.6 Å². The molecule has 25 heavy (non-hydrogen) atoms. The molecule has 0 radical (unpaired) electrons. The first-order valence-corrected chi connectivity index (χ1v) is 8.48. The van der Waals surface area contributed by atoms with Gasteiger partial charge in [0.1, 0.15) is 5.56 Å². The zero-order chi connectivity index (χ0) is 19.1. The van der Waals surface area contributed by atoms with Crippen LogP contribution in [0.5, 0.6) is 11.5 Å². The highest BCUT2D eigenvalue weighted by atomic mass is 35.5. The fourth-order valence-electron chi connectivity index (χ4n) is 2.53. The van der Waals surface area contributed by atoms with E-state index in [-0.39, 0.29) is 22.0 Å². The number of hydrogen-bond acceptors (Lipinski definition) is 4. The number of nitrogens with zero attached hydrogens (tertiary/aromatic N) is 1. The molecular weight excluding hydrogens is 344 g/mol. The van der Waals surface area contributed by atoms with Crippen molar-refractivity contribution in [2.45, 2.75) is 52.6 Å². The third kappa shape index (κ3) is 3.44. The zero-order valence-electron chi connectivity index (χ0n) is 15.0.